The normalized spacial score (nSPS) is 11.3. The van der Waals surface area contributed by atoms with Gasteiger partial charge in [-0.3, -0.25) is 4.79 Å². The fourth-order valence-corrected chi connectivity index (χ4v) is 2.34. The lowest BCUT2D eigenvalue weighted by Crippen LogP contribution is -2.12. The van der Waals surface area contributed by atoms with Crippen molar-refractivity contribution in [2.24, 2.45) is 5.14 Å². The molecule has 0 bridgehead atoms. The molecule has 0 amide bonds. The van der Waals surface area contributed by atoms with Crippen LogP contribution in [0.3, 0.4) is 0 Å². The van der Waals surface area contributed by atoms with E-state index in [4.69, 9.17) is 5.14 Å². The zero-order valence-corrected chi connectivity index (χ0v) is 11.9. The van der Waals surface area contributed by atoms with E-state index in [0.29, 0.717) is 5.56 Å². The van der Waals surface area contributed by atoms with Crippen molar-refractivity contribution in [2.75, 3.05) is 0 Å². The molecule has 2 rings (SSSR count). The maximum Gasteiger partial charge on any atom is 0.238 e. The smallest absolute Gasteiger partial charge is 0.238 e. The first-order valence-electron chi connectivity index (χ1n) is 6.08. The number of aryl methyl sites for hydroxylation is 1. The van der Waals surface area contributed by atoms with Crippen LogP contribution in [0.5, 0.6) is 0 Å². The largest absolute Gasteiger partial charge is 0.294 e. The summed E-state index contributed by atoms with van der Waals surface area (Å²) < 4.78 is 22.3. The molecule has 0 aliphatic rings. The van der Waals surface area contributed by atoms with Crippen LogP contribution in [0.2, 0.25) is 0 Å². The summed E-state index contributed by atoms with van der Waals surface area (Å²) in [5.41, 5.74) is 2.49. The van der Waals surface area contributed by atoms with Gasteiger partial charge in [0.05, 0.1) is 4.90 Å². The van der Waals surface area contributed by atoms with E-state index < -0.39 is 10.0 Å². The van der Waals surface area contributed by atoms with Gasteiger partial charge in [-0.05, 0) is 24.6 Å². The van der Waals surface area contributed by atoms with Gasteiger partial charge >= 0.3 is 0 Å². The number of nitrogens with two attached hydrogens (primary N) is 1. The van der Waals surface area contributed by atoms with E-state index in [1.807, 2.05) is 19.1 Å². The molecule has 0 unspecified atom stereocenters. The highest BCUT2D eigenvalue weighted by atomic mass is 32.2. The number of ketones is 1. The fourth-order valence-electron chi connectivity index (χ4n) is 1.82. The molecule has 2 aromatic carbocycles. The minimum Gasteiger partial charge on any atom is -0.294 e. The van der Waals surface area contributed by atoms with Crippen molar-refractivity contribution >= 4 is 15.8 Å². The minimum absolute atomic E-state index is 0.00615. The second-order valence-corrected chi connectivity index (χ2v) is 6.22. The Hall–Kier alpha value is -1.98. The molecule has 0 aliphatic heterocycles. The Morgan fingerprint density at radius 2 is 1.55 bits per heavy atom. The van der Waals surface area contributed by atoms with Gasteiger partial charge in [-0.2, -0.15) is 0 Å². The van der Waals surface area contributed by atoms with Crippen molar-refractivity contribution in [1.82, 2.24) is 0 Å². The molecule has 0 fully saturated rings. The quantitative estimate of drug-likeness (QED) is 0.875. The molecule has 0 aliphatic carbocycles. The summed E-state index contributed by atoms with van der Waals surface area (Å²) >= 11 is 0. The van der Waals surface area contributed by atoms with Crippen molar-refractivity contribution < 1.29 is 13.2 Å². The summed E-state index contributed by atoms with van der Waals surface area (Å²) in [4.78, 5) is 12.1. The Morgan fingerprint density at radius 1 is 1.00 bits per heavy atom. The lowest BCUT2D eigenvalue weighted by molar-refractivity contribution is 0.0993. The van der Waals surface area contributed by atoms with Crippen LogP contribution in [0.4, 0.5) is 0 Å². The molecule has 2 N–H and O–H groups in total. The van der Waals surface area contributed by atoms with Crippen LogP contribution in [0.1, 0.15) is 21.5 Å². The topological polar surface area (TPSA) is 77.2 Å². The summed E-state index contributed by atoms with van der Waals surface area (Å²) in [6, 6.07) is 13.4. The van der Waals surface area contributed by atoms with Crippen LogP contribution in [-0.4, -0.2) is 14.2 Å². The first kappa shape index (κ1) is 14.4. The van der Waals surface area contributed by atoms with E-state index in [0.717, 1.165) is 11.1 Å². The van der Waals surface area contributed by atoms with E-state index in [9.17, 15) is 13.2 Å². The van der Waals surface area contributed by atoms with Crippen LogP contribution in [0.25, 0.3) is 0 Å². The van der Waals surface area contributed by atoms with Crippen LogP contribution in [-0.2, 0) is 16.4 Å². The highest BCUT2D eigenvalue weighted by Crippen LogP contribution is 2.12. The number of sulfonamides is 1. The van der Waals surface area contributed by atoms with Gasteiger partial charge in [0.1, 0.15) is 0 Å². The van der Waals surface area contributed by atoms with Crippen molar-refractivity contribution in [3.8, 4) is 0 Å². The molecule has 0 aromatic heterocycles. The number of rotatable bonds is 4. The van der Waals surface area contributed by atoms with Gasteiger partial charge in [0.2, 0.25) is 10.0 Å². The monoisotopic (exact) mass is 289 g/mol. The predicted molar refractivity (Wildman–Crippen MR) is 77.0 cm³/mol. The third-order valence-corrected chi connectivity index (χ3v) is 3.92. The molecular weight excluding hydrogens is 274 g/mol. The van der Waals surface area contributed by atoms with Gasteiger partial charge in [-0.1, -0.05) is 42.0 Å². The summed E-state index contributed by atoms with van der Waals surface area (Å²) in [6.07, 6.45) is 0.230. The number of benzene rings is 2. The van der Waals surface area contributed by atoms with Gasteiger partial charge in [-0.25, -0.2) is 13.6 Å². The van der Waals surface area contributed by atoms with Crippen LogP contribution in [0, 0.1) is 6.92 Å². The van der Waals surface area contributed by atoms with Crippen LogP contribution >= 0.6 is 0 Å². The van der Waals surface area contributed by atoms with E-state index in [1.165, 1.54) is 12.1 Å². The summed E-state index contributed by atoms with van der Waals surface area (Å²) in [5.74, 6) is -0.00615. The van der Waals surface area contributed by atoms with Gasteiger partial charge < -0.3 is 0 Å². The van der Waals surface area contributed by atoms with E-state index >= 15 is 0 Å². The maximum absolute atomic E-state index is 12.1. The zero-order valence-electron chi connectivity index (χ0n) is 11.0. The molecule has 0 saturated heterocycles. The Balaban J connectivity index is 2.14. The predicted octanol–water partition coefficient (Wildman–Crippen LogP) is 2.07. The molecule has 0 atom stereocenters. The first-order chi connectivity index (χ1) is 9.36. The number of carbonyl (C=O) groups is 1. The van der Waals surface area contributed by atoms with Crippen molar-refractivity contribution in [3.63, 3.8) is 0 Å². The molecule has 104 valence electrons. The standard InChI is InChI=1S/C15H15NO3S/c1-11-2-6-13(7-3-11)15(17)10-12-4-8-14(9-5-12)20(16,18)19/h2-9H,10H2,1H3,(H2,16,18,19). The average molecular weight is 289 g/mol. The lowest BCUT2D eigenvalue weighted by atomic mass is 10.0. The molecule has 0 spiro atoms. The minimum atomic E-state index is -3.69. The van der Waals surface area contributed by atoms with Crippen LogP contribution in [0.15, 0.2) is 53.4 Å². The Kier molecular flexibility index (Phi) is 4.01. The molecule has 20 heavy (non-hydrogen) atoms. The maximum atomic E-state index is 12.1. The van der Waals surface area contributed by atoms with Crippen molar-refractivity contribution in [3.05, 3.63) is 65.2 Å². The summed E-state index contributed by atoms with van der Waals surface area (Å²) in [5, 5.41) is 5.02. The van der Waals surface area contributed by atoms with E-state index in [-0.39, 0.29) is 17.1 Å². The third-order valence-electron chi connectivity index (χ3n) is 2.99. The molecule has 0 saturated carbocycles. The van der Waals surface area contributed by atoms with Crippen molar-refractivity contribution in [1.29, 1.82) is 0 Å². The number of carbonyl (C=O) groups excluding carboxylic acids is 1. The van der Waals surface area contributed by atoms with E-state index in [1.54, 1.807) is 24.3 Å². The Morgan fingerprint density at radius 3 is 2.05 bits per heavy atom. The number of hydrogen-bond acceptors (Lipinski definition) is 3. The van der Waals surface area contributed by atoms with Gasteiger partial charge in [0, 0.05) is 12.0 Å². The van der Waals surface area contributed by atoms with Crippen molar-refractivity contribution in [2.45, 2.75) is 18.2 Å². The second-order valence-electron chi connectivity index (χ2n) is 4.65. The average Bonchev–Trinajstić information content (AvgIpc) is 2.39. The molecule has 5 heteroatoms. The molecule has 4 nitrogen and oxygen atoms in total. The molecule has 2 aromatic rings. The number of Topliss-reactive ketones (excluding diaryl/α,β-unsaturated/α-hetero) is 1. The highest BCUT2D eigenvalue weighted by molar-refractivity contribution is 7.89. The summed E-state index contributed by atoms with van der Waals surface area (Å²) in [7, 11) is -3.69. The molecular formula is C15H15NO3S. The van der Waals surface area contributed by atoms with Gasteiger partial charge in [0.15, 0.2) is 5.78 Å². The number of hydrogen-bond donors (Lipinski definition) is 1. The Labute approximate surface area is 118 Å². The van der Waals surface area contributed by atoms with Gasteiger partial charge in [0.25, 0.3) is 0 Å². The van der Waals surface area contributed by atoms with Crippen LogP contribution < -0.4 is 5.14 Å². The lowest BCUT2D eigenvalue weighted by Gasteiger charge is -2.03. The highest BCUT2D eigenvalue weighted by Gasteiger charge is 2.09. The molecule has 0 heterocycles. The zero-order chi connectivity index (χ0) is 14.8. The summed E-state index contributed by atoms with van der Waals surface area (Å²) in [6.45, 7) is 1.96. The fraction of sp³-hybridized carbons (Fsp3) is 0.133. The SMILES string of the molecule is Cc1ccc(C(=O)Cc2ccc(S(N)(=O)=O)cc2)cc1. The third kappa shape index (κ3) is 3.53. The van der Waals surface area contributed by atoms with Gasteiger partial charge in [-0.15, -0.1) is 0 Å². The second kappa shape index (κ2) is 5.56. The molecule has 0 radical (unpaired) electrons. The van der Waals surface area contributed by atoms with E-state index in [2.05, 4.69) is 0 Å². The Bertz CT molecular complexity index is 717. The number of primary sulfonamides is 1. The first-order valence-corrected chi connectivity index (χ1v) is 7.62.